The summed E-state index contributed by atoms with van der Waals surface area (Å²) in [5, 5.41) is 1.85. The van der Waals surface area contributed by atoms with Crippen molar-refractivity contribution in [3.05, 3.63) is 41.5 Å². The summed E-state index contributed by atoms with van der Waals surface area (Å²) in [4.78, 5) is -0.0511. The number of hydrogen-bond donors (Lipinski definition) is 0. The van der Waals surface area contributed by atoms with Crippen LogP contribution in [0.2, 0.25) is 0 Å². The van der Waals surface area contributed by atoms with E-state index in [1.54, 1.807) is 6.07 Å². The van der Waals surface area contributed by atoms with Crippen molar-refractivity contribution in [2.24, 2.45) is 0 Å². The van der Waals surface area contributed by atoms with E-state index in [1.165, 1.54) is 24.8 Å². The molecule has 2 rings (SSSR count). The minimum atomic E-state index is -4.44. The maximum atomic E-state index is 11.6. The first kappa shape index (κ1) is 22.7. The largest absolute Gasteiger partial charge is 1.00 e. The number of fused-ring (bicyclic) bond motifs is 1. The van der Waals surface area contributed by atoms with Crippen molar-refractivity contribution in [3.8, 4) is 0 Å². The molecular weight excluding hydrogens is 343 g/mol. The van der Waals surface area contributed by atoms with Gasteiger partial charge in [-0.1, -0.05) is 57.7 Å². The molecule has 0 spiro atoms. The van der Waals surface area contributed by atoms with Crippen molar-refractivity contribution in [3.63, 3.8) is 0 Å². The van der Waals surface area contributed by atoms with E-state index in [9.17, 15) is 13.0 Å². The zero-order valence-corrected chi connectivity index (χ0v) is 18.5. The minimum absolute atomic E-state index is 0. The van der Waals surface area contributed by atoms with E-state index in [0.29, 0.717) is 12.0 Å². The van der Waals surface area contributed by atoms with Gasteiger partial charge in [-0.25, -0.2) is 8.42 Å². The fourth-order valence-electron chi connectivity index (χ4n) is 3.10. The Morgan fingerprint density at radius 1 is 0.840 bits per heavy atom. The molecule has 0 unspecified atom stereocenters. The quantitative estimate of drug-likeness (QED) is 0.386. The van der Waals surface area contributed by atoms with Crippen LogP contribution < -0.4 is 29.6 Å². The predicted molar refractivity (Wildman–Crippen MR) is 98.4 cm³/mol. The van der Waals surface area contributed by atoms with Crippen molar-refractivity contribution in [1.29, 1.82) is 0 Å². The van der Waals surface area contributed by atoms with Gasteiger partial charge in [-0.2, -0.15) is 0 Å². The fraction of sp³-hybridized carbons (Fsp3) is 0.500. The molecule has 0 aliphatic carbocycles. The first-order valence-electron chi connectivity index (χ1n) is 8.97. The topological polar surface area (TPSA) is 57.2 Å². The molecule has 0 saturated heterocycles. The number of benzene rings is 2. The first-order valence-corrected chi connectivity index (χ1v) is 10.4. The van der Waals surface area contributed by atoms with Crippen LogP contribution in [0.1, 0.15) is 63.5 Å². The fourth-order valence-corrected chi connectivity index (χ4v) is 3.86. The third-order valence-corrected chi connectivity index (χ3v) is 5.39. The van der Waals surface area contributed by atoms with Gasteiger partial charge in [-0.05, 0) is 59.7 Å². The third kappa shape index (κ3) is 6.69. The number of hydrogen-bond acceptors (Lipinski definition) is 3. The minimum Gasteiger partial charge on any atom is -0.744 e. The van der Waals surface area contributed by atoms with Crippen LogP contribution in [0.3, 0.4) is 0 Å². The van der Waals surface area contributed by atoms with E-state index in [2.05, 4.69) is 19.9 Å². The van der Waals surface area contributed by atoms with Crippen LogP contribution in [0.25, 0.3) is 10.8 Å². The van der Waals surface area contributed by atoms with Crippen molar-refractivity contribution >= 4 is 20.9 Å². The van der Waals surface area contributed by atoms with Gasteiger partial charge in [0.25, 0.3) is 0 Å². The molecule has 0 N–H and O–H groups in total. The first-order chi connectivity index (χ1) is 11.5. The molecule has 0 bridgehead atoms. The van der Waals surface area contributed by atoms with Crippen molar-refractivity contribution in [2.45, 2.75) is 70.1 Å². The van der Waals surface area contributed by atoms with Gasteiger partial charge in [0, 0.05) is 0 Å². The van der Waals surface area contributed by atoms with Crippen LogP contribution in [0.5, 0.6) is 0 Å². The Labute approximate surface area is 174 Å². The van der Waals surface area contributed by atoms with Crippen molar-refractivity contribution in [2.75, 3.05) is 0 Å². The van der Waals surface area contributed by atoms with Crippen molar-refractivity contribution < 1.29 is 42.5 Å². The van der Waals surface area contributed by atoms with Gasteiger partial charge in [0.2, 0.25) is 0 Å². The van der Waals surface area contributed by atoms with Crippen LogP contribution >= 0.6 is 0 Å². The maximum absolute atomic E-state index is 11.6. The number of unbranched alkanes of at least 4 members (excludes halogenated alkanes) is 4. The Kier molecular flexibility index (Phi) is 9.68. The van der Waals surface area contributed by atoms with Gasteiger partial charge < -0.3 is 4.55 Å². The van der Waals surface area contributed by atoms with Gasteiger partial charge in [0.05, 0.1) is 4.90 Å². The zero-order chi connectivity index (χ0) is 17.6. The van der Waals surface area contributed by atoms with Crippen LogP contribution in [0.4, 0.5) is 0 Å². The summed E-state index contributed by atoms with van der Waals surface area (Å²) in [6.45, 7) is 4.29. The number of aryl methyl sites for hydroxylation is 2. The van der Waals surface area contributed by atoms with Crippen LogP contribution in [-0.4, -0.2) is 13.0 Å². The molecule has 0 aliphatic heterocycles. The summed E-state index contributed by atoms with van der Waals surface area (Å²) in [5.41, 5.74) is 1.94. The number of rotatable bonds is 9. The van der Waals surface area contributed by atoms with Gasteiger partial charge in [0.15, 0.2) is 0 Å². The Morgan fingerprint density at radius 3 is 2.08 bits per heavy atom. The molecule has 3 nitrogen and oxygen atoms in total. The Balaban J connectivity index is 0.00000312. The molecule has 0 aliphatic rings. The SMILES string of the molecule is CCCCCc1ccc2cc(S(=O)(=O)[O-])c(CCCCC)cc2c1.[Na+]. The van der Waals surface area contributed by atoms with E-state index < -0.39 is 10.1 Å². The Bertz CT molecular complexity index is 785. The van der Waals surface area contributed by atoms with E-state index in [0.717, 1.165) is 36.5 Å². The summed E-state index contributed by atoms with van der Waals surface area (Å²) in [5.74, 6) is 0. The summed E-state index contributed by atoms with van der Waals surface area (Å²) in [7, 11) is -4.44. The molecule has 2 aromatic rings. The molecular formula is C20H27NaO3S. The molecule has 0 saturated carbocycles. The second kappa shape index (κ2) is 10.7. The van der Waals surface area contributed by atoms with E-state index in [4.69, 9.17) is 0 Å². The molecule has 25 heavy (non-hydrogen) atoms. The van der Waals surface area contributed by atoms with Gasteiger partial charge in [-0.3, -0.25) is 0 Å². The Morgan fingerprint density at radius 2 is 1.48 bits per heavy atom. The van der Waals surface area contributed by atoms with E-state index in [1.807, 2.05) is 18.2 Å². The van der Waals surface area contributed by atoms with Crippen molar-refractivity contribution in [1.82, 2.24) is 0 Å². The average Bonchev–Trinajstić information content (AvgIpc) is 2.53. The summed E-state index contributed by atoms with van der Waals surface area (Å²) in [6.07, 6.45) is 8.26. The molecule has 5 heteroatoms. The molecule has 132 valence electrons. The molecule has 0 aromatic heterocycles. The summed E-state index contributed by atoms with van der Waals surface area (Å²) < 4.78 is 34.8. The maximum Gasteiger partial charge on any atom is 1.00 e. The second-order valence-electron chi connectivity index (χ2n) is 6.51. The summed E-state index contributed by atoms with van der Waals surface area (Å²) >= 11 is 0. The van der Waals surface area contributed by atoms with E-state index in [-0.39, 0.29) is 34.5 Å². The van der Waals surface area contributed by atoms with Crippen LogP contribution in [0.15, 0.2) is 35.2 Å². The monoisotopic (exact) mass is 370 g/mol. The molecule has 2 aromatic carbocycles. The van der Waals surface area contributed by atoms with Crippen LogP contribution in [-0.2, 0) is 23.0 Å². The second-order valence-corrected chi connectivity index (χ2v) is 7.86. The third-order valence-electron chi connectivity index (χ3n) is 4.47. The standard InChI is InChI=1S/C20H28O3S.Na/c1-3-5-7-9-16-11-12-17-15-20(24(21,22)23)18(10-8-6-4-2)14-19(17)13-16;/h11-15H,3-10H2,1-2H3,(H,21,22,23);/q;+1/p-1. The normalized spacial score (nSPS) is 11.5. The molecule has 0 fully saturated rings. The van der Waals surface area contributed by atoms with Gasteiger partial charge >= 0.3 is 29.6 Å². The molecule has 0 atom stereocenters. The summed E-state index contributed by atoms with van der Waals surface area (Å²) in [6, 6.07) is 9.56. The Hall–Kier alpha value is -0.390. The zero-order valence-electron chi connectivity index (χ0n) is 15.7. The average molecular weight is 370 g/mol. The van der Waals surface area contributed by atoms with Crippen LogP contribution in [0, 0.1) is 0 Å². The van der Waals surface area contributed by atoms with Gasteiger partial charge in [0.1, 0.15) is 10.1 Å². The van der Waals surface area contributed by atoms with E-state index >= 15 is 0 Å². The predicted octanol–water partition coefficient (Wildman–Crippen LogP) is 2.21. The smallest absolute Gasteiger partial charge is 0.744 e. The molecule has 0 radical (unpaired) electrons. The molecule has 0 amide bonds. The molecule has 0 heterocycles. The van der Waals surface area contributed by atoms with Gasteiger partial charge in [-0.15, -0.1) is 0 Å².